The van der Waals surface area contributed by atoms with Crippen molar-refractivity contribution in [2.24, 2.45) is 0 Å². The average Bonchev–Trinajstić information content (AvgIpc) is 3.03. The summed E-state index contributed by atoms with van der Waals surface area (Å²) in [4.78, 5) is 12.2. The summed E-state index contributed by atoms with van der Waals surface area (Å²) in [5, 5.41) is 2.92. The van der Waals surface area contributed by atoms with E-state index in [0.29, 0.717) is 18.5 Å². The smallest absolute Gasteiger partial charge is 0.367 e. The van der Waals surface area contributed by atoms with Crippen LogP contribution in [0.25, 0.3) is 0 Å². The van der Waals surface area contributed by atoms with Gasteiger partial charge in [0.05, 0.1) is 6.61 Å². The third kappa shape index (κ3) is 5.82. The Hall–Kier alpha value is -2.34. The number of alkyl halides is 3. The molecule has 1 aliphatic rings. The second kappa shape index (κ2) is 8.57. The lowest BCUT2D eigenvalue weighted by atomic mass is 9.97. The van der Waals surface area contributed by atoms with Crippen molar-refractivity contribution in [2.45, 2.75) is 44.5 Å². The van der Waals surface area contributed by atoms with E-state index in [2.05, 4.69) is 22.2 Å². The summed E-state index contributed by atoms with van der Waals surface area (Å²) in [6, 6.07) is 15.3. The van der Waals surface area contributed by atoms with E-state index >= 15 is 0 Å². The zero-order chi connectivity index (χ0) is 19.3. The van der Waals surface area contributed by atoms with Gasteiger partial charge < -0.3 is 10.1 Å². The van der Waals surface area contributed by atoms with Crippen LogP contribution in [-0.2, 0) is 29.1 Å². The number of carbonyl (C=O) groups excluding carboxylic acids is 1. The number of amides is 1. The molecule has 0 radical (unpaired) electrons. The predicted octanol–water partition coefficient (Wildman–Crippen LogP) is 4.50. The molecular formula is C21H22F3NO2. The van der Waals surface area contributed by atoms with E-state index in [-0.39, 0.29) is 18.4 Å². The summed E-state index contributed by atoms with van der Waals surface area (Å²) in [5.74, 6) is 0.281. The van der Waals surface area contributed by atoms with Crippen LogP contribution in [0.15, 0.2) is 48.5 Å². The number of nitrogens with one attached hydrogen (secondary N) is 1. The van der Waals surface area contributed by atoms with E-state index in [1.165, 1.54) is 11.1 Å². The summed E-state index contributed by atoms with van der Waals surface area (Å²) in [6.07, 6.45) is -1.82. The zero-order valence-electron chi connectivity index (χ0n) is 14.9. The Bertz CT molecular complexity index is 772. The van der Waals surface area contributed by atoms with Crippen LogP contribution in [0, 0.1) is 0 Å². The molecule has 0 spiro atoms. The Morgan fingerprint density at radius 1 is 1.07 bits per heavy atom. The first-order valence-corrected chi connectivity index (χ1v) is 8.97. The van der Waals surface area contributed by atoms with Gasteiger partial charge in [0.25, 0.3) is 0 Å². The third-order valence-electron chi connectivity index (χ3n) is 4.74. The number of aryl methyl sites for hydroxylation is 1. The van der Waals surface area contributed by atoms with E-state index in [1.807, 2.05) is 12.1 Å². The van der Waals surface area contributed by atoms with Crippen LogP contribution in [0.3, 0.4) is 0 Å². The van der Waals surface area contributed by atoms with Crippen molar-refractivity contribution in [3.8, 4) is 0 Å². The van der Waals surface area contributed by atoms with E-state index in [1.54, 1.807) is 24.3 Å². The molecule has 0 bridgehead atoms. The molecule has 3 rings (SSSR count). The van der Waals surface area contributed by atoms with E-state index < -0.39 is 12.8 Å². The van der Waals surface area contributed by atoms with Gasteiger partial charge in [-0.05, 0) is 41.0 Å². The fourth-order valence-corrected chi connectivity index (χ4v) is 3.39. The Morgan fingerprint density at radius 3 is 2.52 bits per heavy atom. The number of fused-ring (bicyclic) bond motifs is 1. The van der Waals surface area contributed by atoms with Gasteiger partial charge in [-0.2, -0.15) is 13.2 Å². The van der Waals surface area contributed by atoms with Gasteiger partial charge in [-0.25, -0.2) is 0 Å². The number of hydrogen-bond donors (Lipinski definition) is 1. The molecule has 0 fully saturated rings. The first-order chi connectivity index (χ1) is 12.9. The van der Waals surface area contributed by atoms with Gasteiger partial charge in [0.1, 0.15) is 6.61 Å². The molecule has 1 atom stereocenters. The van der Waals surface area contributed by atoms with Crippen LogP contribution >= 0.6 is 0 Å². The molecule has 1 amide bonds. The normalized spacial score (nSPS) is 16.2. The zero-order valence-corrected chi connectivity index (χ0v) is 14.9. The quantitative estimate of drug-likeness (QED) is 0.771. The first kappa shape index (κ1) is 19.4. The number of carbonyl (C=O) groups is 1. The maximum Gasteiger partial charge on any atom is 0.411 e. The fraction of sp³-hybridized carbons (Fsp3) is 0.381. The second-order valence-corrected chi connectivity index (χ2v) is 6.84. The van der Waals surface area contributed by atoms with Gasteiger partial charge in [0.2, 0.25) is 5.91 Å². The molecule has 27 heavy (non-hydrogen) atoms. The first-order valence-electron chi connectivity index (χ1n) is 8.97. The maximum absolute atomic E-state index is 12.2. The molecule has 0 heterocycles. The van der Waals surface area contributed by atoms with Gasteiger partial charge in [-0.3, -0.25) is 4.79 Å². The third-order valence-corrected chi connectivity index (χ3v) is 4.74. The Labute approximate surface area is 156 Å². The molecule has 1 aliphatic carbocycles. The van der Waals surface area contributed by atoms with E-state index in [0.717, 1.165) is 18.4 Å². The van der Waals surface area contributed by atoms with Crippen LogP contribution in [-0.4, -0.2) is 18.7 Å². The summed E-state index contributed by atoms with van der Waals surface area (Å²) >= 11 is 0. The summed E-state index contributed by atoms with van der Waals surface area (Å²) in [5.41, 5.74) is 4.17. The molecular weight excluding hydrogens is 355 g/mol. The van der Waals surface area contributed by atoms with Gasteiger partial charge in [-0.15, -0.1) is 0 Å². The number of halogens is 3. The van der Waals surface area contributed by atoms with Gasteiger partial charge in [0.15, 0.2) is 0 Å². The highest BCUT2D eigenvalue weighted by molar-refractivity contribution is 5.77. The minimum Gasteiger partial charge on any atom is -0.367 e. The summed E-state index contributed by atoms with van der Waals surface area (Å²) < 4.78 is 40.8. The number of hydrogen-bond acceptors (Lipinski definition) is 2. The molecule has 2 aromatic carbocycles. The van der Waals surface area contributed by atoms with Gasteiger partial charge in [0, 0.05) is 13.0 Å². The Balaban J connectivity index is 1.43. The molecule has 2 aromatic rings. The molecule has 0 aromatic heterocycles. The lowest BCUT2D eigenvalue weighted by Gasteiger charge is -2.12. The maximum atomic E-state index is 12.2. The molecule has 0 saturated carbocycles. The Kier molecular flexibility index (Phi) is 6.16. The van der Waals surface area contributed by atoms with Crippen molar-refractivity contribution in [1.82, 2.24) is 5.32 Å². The highest BCUT2D eigenvalue weighted by Crippen LogP contribution is 2.35. The van der Waals surface area contributed by atoms with Crippen molar-refractivity contribution in [3.05, 3.63) is 70.8 Å². The number of ether oxygens (including phenoxy) is 1. The summed E-state index contributed by atoms with van der Waals surface area (Å²) in [6.45, 7) is -0.945. The van der Waals surface area contributed by atoms with Crippen LogP contribution in [0.2, 0.25) is 0 Å². The van der Waals surface area contributed by atoms with Crippen molar-refractivity contribution >= 4 is 5.91 Å². The molecule has 1 N–H and O–H groups in total. The summed E-state index contributed by atoms with van der Waals surface area (Å²) in [7, 11) is 0. The average molecular weight is 377 g/mol. The minimum atomic E-state index is -4.32. The molecule has 144 valence electrons. The number of benzene rings is 2. The van der Waals surface area contributed by atoms with Crippen LogP contribution in [0.4, 0.5) is 13.2 Å². The highest BCUT2D eigenvalue weighted by Gasteiger charge is 2.27. The van der Waals surface area contributed by atoms with E-state index in [4.69, 9.17) is 0 Å². The predicted molar refractivity (Wildman–Crippen MR) is 96.1 cm³/mol. The monoisotopic (exact) mass is 377 g/mol. The van der Waals surface area contributed by atoms with Crippen molar-refractivity contribution in [1.29, 1.82) is 0 Å². The second-order valence-electron chi connectivity index (χ2n) is 6.84. The van der Waals surface area contributed by atoms with Crippen molar-refractivity contribution in [2.75, 3.05) is 6.61 Å². The van der Waals surface area contributed by atoms with Crippen molar-refractivity contribution < 1.29 is 22.7 Å². The van der Waals surface area contributed by atoms with E-state index in [9.17, 15) is 18.0 Å². The van der Waals surface area contributed by atoms with Gasteiger partial charge >= 0.3 is 6.18 Å². The SMILES string of the molecule is O=C(CC1CCc2ccccc21)NCc1ccc(COCC(F)(F)F)cc1. The lowest BCUT2D eigenvalue weighted by Crippen LogP contribution is -2.24. The highest BCUT2D eigenvalue weighted by atomic mass is 19.4. The standard InChI is InChI=1S/C21H22F3NO2/c22-21(23,24)14-27-13-16-7-5-15(6-8-16)12-25-20(26)11-18-10-9-17-3-1-2-4-19(17)18/h1-8,18H,9-14H2,(H,25,26). The topological polar surface area (TPSA) is 38.3 Å². The number of rotatable bonds is 7. The lowest BCUT2D eigenvalue weighted by molar-refractivity contribution is -0.176. The molecule has 6 heteroatoms. The Morgan fingerprint density at radius 2 is 1.78 bits per heavy atom. The fourth-order valence-electron chi connectivity index (χ4n) is 3.39. The largest absolute Gasteiger partial charge is 0.411 e. The molecule has 0 aliphatic heterocycles. The van der Waals surface area contributed by atoms with Crippen LogP contribution in [0.1, 0.15) is 41.0 Å². The van der Waals surface area contributed by atoms with Crippen LogP contribution < -0.4 is 5.32 Å². The van der Waals surface area contributed by atoms with Gasteiger partial charge in [-0.1, -0.05) is 48.5 Å². The minimum absolute atomic E-state index is 0.00860. The van der Waals surface area contributed by atoms with Crippen molar-refractivity contribution in [3.63, 3.8) is 0 Å². The molecule has 3 nitrogen and oxygen atoms in total. The van der Waals surface area contributed by atoms with Crippen LogP contribution in [0.5, 0.6) is 0 Å². The molecule has 1 unspecified atom stereocenters. The molecule has 0 saturated heterocycles.